The average molecular weight is 327 g/mol. The van der Waals surface area contributed by atoms with Gasteiger partial charge in [0.2, 0.25) is 0 Å². The third-order valence-corrected chi connectivity index (χ3v) is 4.50. The van der Waals surface area contributed by atoms with E-state index in [1.807, 2.05) is 0 Å². The standard InChI is InChI=1S/C21H42O2/c1-3-5-7-8-9-10-11-12-13-14-15-16-17-18-20-23-21(22)19-6-4-2/h3-20H2,1-2H3. The van der Waals surface area contributed by atoms with E-state index >= 15 is 0 Å². The average Bonchev–Trinajstić information content (AvgIpc) is 2.56. The Bertz CT molecular complexity index is 238. The SMILES string of the molecule is CCCCCCCCCCCCCCCCOC(=O)CCCC. The molecule has 0 aliphatic heterocycles. The van der Waals surface area contributed by atoms with Crippen LogP contribution in [-0.4, -0.2) is 12.6 Å². The summed E-state index contributed by atoms with van der Waals surface area (Å²) in [5, 5.41) is 0. The van der Waals surface area contributed by atoms with Crippen molar-refractivity contribution >= 4 is 5.97 Å². The molecule has 0 aromatic heterocycles. The van der Waals surface area contributed by atoms with Crippen molar-refractivity contribution < 1.29 is 9.53 Å². The van der Waals surface area contributed by atoms with Crippen molar-refractivity contribution in [3.8, 4) is 0 Å². The molecule has 0 saturated heterocycles. The summed E-state index contributed by atoms with van der Waals surface area (Å²) >= 11 is 0. The van der Waals surface area contributed by atoms with Gasteiger partial charge in [0.05, 0.1) is 6.61 Å². The minimum absolute atomic E-state index is 0.0125. The van der Waals surface area contributed by atoms with E-state index in [0.717, 1.165) is 19.3 Å². The van der Waals surface area contributed by atoms with Crippen molar-refractivity contribution in [1.29, 1.82) is 0 Å². The summed E-state index contributed by atoms with van der Waals surface area (Å²) in [4.78, 5) is 11.3. The molecule has 0 rings (SSSR count). The monoisotopic (exact) mass is 326 g/mol. The maximum Gasteiger partial charge on any atom is 0.305 e. The van der Waals surface area contributed by atoms with Crippen LogP contribution in [0.5, 0.6) is 0 Å². The lowest BCUT2D eigenvalue weighted by Crippen LogP contribution is -2.05. The van der Waals surface area contributed by atoms with Crippen LogP contribution in [0.4, 0.5) is 0 Å². The summed E-state index contributed by atoms with van der Waals surface area (Å²) in [5.74, 6) is -0.0125. The first kappa shape index (κ1) is 22.5. The number of carbonyl (C=O) groups is 1. The Morgan fingerprint density at radius 2 is 0.957 bits per heavy atom. The summed E-state index contributed by atoms with van der Waals surface area (Å²) in [6, 6.07) is 0. The first-order chi connectivity index (χ1) is 11.3. The van der Waals surface area contributed by atoms with E-state index in [4.69, 9.17) is 4.74 Å². The van der Waals surface area contributed by atoms with E-state index in [-0.39, 0.29) is 5.97 Å². The molecule has 2 heteroatoms. The van der Waals surface area contributed by atoms with Crippen molar-refractivity contribution in [3.05, 3.63) is 0 Å². The van der Waals surface area contributed by atoms with Gasteiger partial charge in [-0.1, -0.05) is 104 Å². The van der Waals surface area contributed by atoms with E-state index < -0.39 is 0 Å². The van der Waals surface area contributed by atoms with Gasteiger partial charge in [0.15, 0.2) is 0 Å². The molecule has 0 aromatic rings. The van der Waals surface area contributed by atoms with Gasteiger partial charge in [0, 0.05) is 6.42 Å². The fourth-order valence-corrected chi connectivity index (χ4v) is 2.88. The summed E-state index contributed by atoms with van der Waals surface area (Å²) in [5.41, 5.74) is 0. The van der Waals surface area contributed by atoms with Gasteiger partial charge in [-0.3, -0.25) is 4.79 Å². The molecule has 2 nitrogen and oxygen atoms in total. The Balaban J connectivity index is 3.04. The fraction of sp³-hybridized carbons (Fsp3) is 0.952. The third kappa shape index (κ3) is 19.4. The van der Waals surface area contributed by atoms with Crippen molar-refractivity contribution in [1.82, 2.24) is 0 Å². The molecule has 0 unspecified atom stereocenters. The van der Waals surface area contributed by atoms with Crippen LogP contribution < -0.4 is 0 Å². The predicted molar refractivity (Wildman–Crippen MR) is 101 cm³/mol. The molecule has 0 spiro atoms. The Labute approximate surface area is 145 Å². The molecule has 138 valence electrons. The molecule has 0 heterocycles. The van der Waals surface area contributed by atoms with E-state index in [0.29, 0.717) is 13.0 Å². The number of ether oxygens (including phenoxy) is 1. The second-order valence-electron chi connectivity index (χ2n) is 6.92. The minimum Gasteiger partial charge on any atom is -0.466 e. The van der Waals surface area contributed by atoms with Crippen molar-refractivity contribution in [3.63, 3.8) is 0 Å². The highest BCUT2D eigenvalue weighted by Crippen LogP contribution is 2.13. The van der Waals surface area contributed by atoms with Crippen LogP contribution in [0.25, 0.3) is 0 Å². The van der Waals surface area contributed by atoms with Gasteiger partial charge in [0.25, 0.3) is 0 Å². The van der Waals surface area contributed by atoms with Crippen LogP contribution >= 0.6 is 0 Å². The molecular weight excluding hydrogens is 284 g/mol. The van der Waals surface area contributed by atoms with E-state index in [1.165, 1.54) is 83.5 Å². The summed E-state index contributed by atoms with van der Waals surface area (Å²) in [6.45, 7) is 5.00. The largest absolute Gasteiger partial charge is 0.466 e. The molecule has 0 amide bonds. The second-order valence-corrected chi connectivity index (χ2v) is 6.92. The van der Waals surface area contributed by atoms with Crippen LogP contribution in [0.2, 0.25) is 0 Å². The lowest BCUT2D eigenvalue weighted by molar-refractivity contribution is -0.143. The van der Waals surface area contributed by atoms with Crippen molar-refractivity contribution in [2.45, 2.75) is 123 Å². The minimum atomic E-state index is -0.0125. The summed E-state index contributed by atoms with van der Waals surface area (Å²) in [6.07, 6.45) is 21.7. The van der Waals surface area contributed by atoms with Crippen LogP contribution in [0.15, 0.2) is 0 Å². The van der Waals surface area contributed by atoms with Gasteiger partial charge in [-0.05, 0) is 12.8 Å². The number of unbranched alkanes of at least 4 members (excludes halogenated alkanes) is 14. The van der Waals surface area contributed by atoms with Gasteiger partial charge in [-0.15, -0.1) is 0 Å². The normalized spacial score (nSPS) is 10.9. The zero-order valence-corrected chi connectivity index (χ0v) is 16.0. The maximum absolute atomic E-state index is 11.3. The number of esters is 1. The third-order valence-electron chi connectivity index (χ3n) is 4.50. The Hall–Kier alpha value is -0.530. The van der Waals surface area contributed by atoms with Crippen LogP contribution in [-0.2, 0) is 9.53 Å². The van der Waals surface area contributed by atoms with E-state index in [2.05, 4.69) is 13.8 Å². The number of rotatable bonds is 18. The van der Waals surface area contributed by atoms with Crippen LogP contribution in [0.1, 0.15) is 123 Å². The Morgan fingerprint density at radius 3 is 1.39 bits per heavy atom. The van der Waals surface area contributed by atoms with Crippen LogP contribution in [0, 0.1) is 0 Å². The van der Waals surface area contributed by atoms with Crippen molar-refractivity contribution in [2.75, 3.05) is 6.61 Å². The Morgan fingerprint density at radius 1 is 0.565 bits per heavy atom. The number of carbonyl (C=O) groups excluding carboxylic acids is 1. The number of hydrogen-bond acceptors (Lipinski definition) is 2. The molecule has 0 N–H and O–H groups in total. The molecule has 0 aromatic carbocycles. The lowest BCUT2D eigenvalue weighted by Gasteiger charge is -2.05. The molecule has 23 heavy (non-hydrogen) atoms. The Kier molecular flexibility index (Phi) is 19.1. The maximum atomic E-state index is 11.3. The molecule has 0 radical (unpaired) electrons. The zero-order valence-electron chi connectivity index (χ0n) is 16.0. The van der Waals surface area contributed by atoms with Gasteiger partial charge in [-0.25, -0.2) is 0 Å². The van der Waals surface area contributed by atoms with Crippen LogP contribution in [0.3, 0.4) is 0 Å². The number of hydrogen-bond donors (Lipinski definition) is 0. The fourth-order valence-electron chi connectivity index (χ4n) is 2.88. The lowest BCUT2D eigenvalue weighted by atomic mass is 10.0. The molecule has 0 aliphatic carbocycles. The highest BCUT2D eigenvalue weighted by atomic mass is 16.5. The van der Waals surface area contributed by atoms with E-state index in [1.54, 1.807) is 0 Å². The molecule has 0 atom stereocenters. The summed E-state index contributed by atoms with van der Waals surface area (Å²) in [7, 11) is 0. The molecule has 0 aliphatic rings. The summed E-state index contributed by atoms with van der Waals surface area (Å²) < 4.78 is 5.21. The van der Waals surface area contributed by atoms with E-state index in [9.17, 15) is 4.79 Å². The predicted octanol–water partition coefficient (Wildman–Crippen LogP) is 7.20. The quantitative estimate of drug-likeness (QED) is 0.196. The van der Waals surface area contributed by atoms with Gasteiger partial charge in [-0.2, -0.15) is 0 Å². The molecule has 0 fully saturated rings. The van der Waals surface area contributed by atoms with Gasteiger partial charge < -0.3 is 4.74 Å². The zero-order chi connectivity index (χ0) is 17.0. The first-order valence-electron chi connectivity index (χ1n) is 10.5. The highest BCUT2D eigenvalue weighted by molar-refractivity contribution is 5.69. The molecular formula is C21H42O2. The molecule has 0 bridgehead atoms. The van der Waals surface area contributed by atoms with Crippen molar-refractivity contribution in [2.24, 2.45) is 0 Å². The molecule has 0 saturated carbocycles. The first-order valence-corrected chi connectivity index (χ1v) is 10.5. The second kappa shape index (κ2) is 19.5. The highest BCUT2D eigenvalue weighted by Gasteiger charge is 2.00. The van der Waals surface area contributed by atoms with Gasteiger partial charge >= 0.3 is 5.97 Å². The smallest absolute Gasteiger partial charge is 0.305 e. The van der Waals surface area contributed by atoms with Gasteiger partial charge in [0.1, 0.15) is 0 Å². The topological polar surface area (TPSA) is 26.3 Å².